The van der Waals surface area contributed by atoms with Crippen LogP contribution >= 0.6 is 0 Å². The Bertz CT molecular complexity index is 1220. The number of hydrogen-bond acceptors (Lipinski definition) is 4. The molecule has 3 aromatic rings. The van der Waals surface area contributed by atoms with Crippen LogP contribution in [0.25, 0.3) is 11.1 Å². The SMILES string of the molecule is Cc1ccc(C(C)CCCCNC=O)cc1CNC1(c2cnccc2-c2ccccc2OC2CC2)CC1. The lowest BCUT2D eigenvalue weighted by molar-refractivity contribution is -0.109. The highest BCUT2D eigenvalue weighted by Crippen LogP contribution is 2.50. The molecule has 2 saturated carbocycles. The van der Waals surface area contributed by atoms with Crippen molar-refractivity contribution in [2.75, 3.05) is 6.54 Å². The highest BCUT2D eigenvalue weighted by atomic mass is 16.5. The molecular weight excluding hydrogens is 458 g/mol. The lowest BCUT2D eigenvalue weighted by Crippen LogP contribution is -2.29. The van der Waals surface area contributed by atoms with Crippen LogP contribution in [-0.2, 0) is 16.9 Å². The minimum atomic E-state index is -0.0457. The standard InChI is InChI=1S/C32H39N3O2/c1-23(7-5-6-17-34-22-36)25-11-10-24(2)26(19-25)20-35-32(15-16-32)30-21-33-18-14-28(30)29-8-3-4-9-31(29)37-27-12-13-27/h3-4,8-11,14,18-19,21-23,27,35H,5-7,12-13,15-17,20H2,1-2H3,(H,34,36). The molecule has 1 unspecified atom stereocenters. The van der Waals surface area contributed by atoms with Crippen molar-refractivity contribution in [3.8, 4) is 16.9 Å². The summed E-state index contributed by atoms with van der Waals surface area (Å²) in [6.07, 6.45) is 12.9. The molecule has 1 aromatic heterocycles. The van der Waals surface area contributed by atoms with E-state index in [1.807, 2.05) is 12.4 Å². The molecule has 1 heterocycles. The second-order valence-electron chi connectivity index (χ2n) is 10.8. The average molecular weight is 498 g/mol. The van der Waals surface area contributed by atoms with E-state index in [0.717, 1.165) is 75.8 Å². The summed E-state index contributed by atoms with van der Waals surface area (Å²) >= 11 is 0. The number of carbonyl (C=O) groups excluding carboxylic acids is 1. The third kappa shape index (κ3) is 6.22. The Balaban J connectivity index is 1.30. The van der Waals surface area contributed by atoms with Crippen LogP contribution in [0, 0.1) is 6.92 Å². The molecule has 1 amide bonds. The number of aryl methyl sites for hydroxylation is 1. The van der Waals surface area contributed by atoms with Gasteiger partial charge in [-0.05, 0) is 91.3 Å². The van der Waals surface area contributed by atoms with Crippen LogP contribution in [0.3, 0.4) is 0 Å². The van der Waals surface area contributed by atoms with Crippen LogP contribution in [0.15, 0.2) is 60.9 Å². The van der Waals surface area contributed by atoms with E-state index in [4.69, 9.17) is 4.74 Å². The number of nitrogens with one attached hydrogen (secondary N) is 2. The molecule has 5 rings (SSSR count). The van der Waals surface area contributed by atoms with E-state index in [1.165, 1.54) is 27.8 Å². The minimum Gasteiger partial charge on any atom is -0.490 e. The summed E-state index contributed by atoms with van der Waals surface area (Å²) in [5.41, 5.74) is 7.69. The summed E-state index contributed by atoms with van der Waals surface area (Å²) in [6.45, 7) is 6.11. The van der Waals surface area contributed by atoms with Crippen molar-refractivity contribution in [1.29, 1.82) is 0 Å². The van der Waals surface area contributed by atoms with Gasteiger partial charge in [0.25, 0.3) is 0 Å². The molecule has 0 spiro atoms. The number of unbranched alkanes of at least 4 members (excludes halogenated alkanes) is 1. The van der Waals surface area contributed by atoms with Gasteiger partial charge in [0.15, 0.2) is 0 Å². The van der Waals surface area contributed by atoms with E-state index in [-0.39, 0.29) is 5.54 Å². The number of amides is 1. The van der Waals surface area contributed by atoms with Gasteiger partial charge in [0.2, 0.25) is 6.41 Å². The van der Waals surface area contributed by atoms with Crippen molar-refractivity contribution in [3.63, 3.8) is 0 Å². The number of ether oxygens (including phenoxy) is 1. The maximum atomic E-state index is 10.4. The van der Waals surface area contributed by atoms with Gasteiger partial charge in [0.05, 0.1) is 6.10 Å². The minimum absolute atomic E-state index is 0.0457. The lowest BCUT2D eigenvalue weighted by Gasteiger charge is -2.23. The first-order valence-electron chi connectivity index (χ1n) is 13.8. The number of rotatable bonds is 14. The molecule has 1 atom stereocenters. The Morgan fingerprint density at radius 2 is 1.95 bits per heavy atom. The molecule has 2 fully saturated rings. The van der Waals surface area contributed by atoms with Crippen molar-refractivity contribution < 1.29 is 9.53 Å². The molecule has 5 nitrogen and oxygen atoms in total. The van der Waals surface area contributed by atoms with E-state index < -0.39 is 0 Å². The van der Waals surface area contributed by atoms with Gasteiger partial charge in [-0.1, -0.05) is 49.7 Å². The molecule has 0 aliphatic heterocycles. The van der Waals surface area contributed by atoms with Crippen LogP contribution in [0.1, 0.15) is 80.0 Å². The molecule has 0 radical (unpaired) electrons. The van der Waals surface area contributed by atoms with E-state index in [1.54, 1.807) is 0 Å². The van der Waals surface area contributed by atoms with Crippen LogP contribution < -0.4 is 15.4 Å². The van der Waals surface area contributed by atoms with Crippen molar-refractivity contribution in [3.05, 3.63) is 83.2 Å². The molecule has 0 saturated heterocycles. The average Bonchev–Trinajstić information content (AvgIpc) is 3.86. The summed E-state index contributed by atoms with van der Waals surface area (Å²) in [7, 11) is 0. The largest absolute Gasteiger partial charge is 0.490 e. The van der Waals surface area contributed by atoms with Crippen molar-refractivity contribution >= 4 is 6.41 Å². The van der Waals surface area contributed by atoms with Crippen LogP contribution in [0.5, 0.6) is 5.75 Å². The van der Waals surface area contributed by atoms with Crippen LogP contribution in [-0.4, -0.2) is 24.0 Å². The second kappa shape index (κ2) is 11.5. The maximum Gasteiger partial charge on any atom is 0.207 e. The van der Waals surface area contributed by atoms with Gasteiger partial charge in [-0.3, -0.25) is 9.78 Å². The second-order valence-corrected chi connectivity index (χ2v) is 10.8. The first kappa shape index (κ1) is 25.5. The molecular formula is C32H39N3O2. The quantitative estimate of drug-likeness (QED) is 0.200. The Hall–Kier alpha value is -3.18. The highest BCUT2D eigenvalue weighted by Gasteiger charge is 2.45. The number of hydrogen-bond donors (Lipinski definition) is 2. The predicted octanol–water partition coefficient (Wildman–Crippen LogP) is 6.40. The number of carbonyl (C=O) groups is 1. The first-order chi connectivity index (χ1) is 18.1. The Morgan fingerprint density at radius 3 is 2.73 bits per heavy atom. The van der Waals surface area contributed by atoms with Gasteiger partial charge in [-0.15, -0.1) is 0 Å². The molecule has 0 bridgehead atoms. The molecule has 2 aromatic carbocycles. The normalized spacial score (nSPS) is 16.7. The number of benzene rings is 2. The zero-order valence-electron chi connectivity index (χ0n) is 22.1. The smallest absolute Gasteiger partial charge is 0.207 e. The zero-order valence-corrected chi connectivity index (χ0v) is 22.1. The summed E-state index contributed by atoms with van der Waals surface area (Å²) < 4.78 is 6.27. The summed E-state index contributed by atoms with van der Waals surface area (Å²) in [5, 5.41) is 6.69. The van der Waals surface area contributed by atoms with E-state index in [2.05, 4.69) is 78.0 Å². The van der Waals surface area contributed by atoms with Gasteiger partial charge < -0.3 is 15.4 Å². The predicted molar refractivity (Wildman–Crippen MR) is 149 cm³/mol. The molecule has 2 aliphatic rings. The molecule has 5 heteroatoms. The van der Waals surface area contributed by atoms with Crippen LogP contribution in [0.4, 0.5) is 0 Å². The Kier molecular flexibility index (Phi) is 7.90. The highest BCUT2D eigenvalue weighted by molar-refractivity contribution is 5.74. The Morgan fingerprint density at radius 1 is 1.11 bits per heavy atom. The van der Waals surface area contributed by atoms with Gasteiger partial charge >= 0.3 is 0 Å². The number of aromatic nitrogens is 1. The van der Waals surface area contributed by atoms with Crippen molar-refractivity contribution in [2.45, 2.75) is 82.9 Å². The summed E-state index contributed by atoms with van der Waals surface area (Å²) in [4.78, 5) is 15.0. The molecule has 37 heavy (non-hydrogen) atoms. The maximum absolute atomic E-state index is 10.4. The fraction of sp³-hybridized carbons (Fsp3) is 0.438. The number of para-hydroxylation sites is 1. The van der Waals surface area contributed by atoms with Crippen molar-refractivity contribution in [1.82, 2.24) is 15.6 Å². The third-order valence-electron chi connectivity index (χ3n) is 7.93. The Labute approximate surface area is 221 Å². The van der Waals surface area contributed by atoms with Gasteiger partial charge in [-0.25, -0.2) is 0 Å². The first-order valence-corrected chi connectivity index (χ1v) is 13.8. The topological polar surface area (TPSA) is 63.2 Å². The number of nitrogens with zero attached hydrogens (tertiary/aromatic N) is 1. The molecule has 194 valence electrons. The molecule has 2 aliphatic carbocycles. The van der Waals surface area contributed by atoms with E-state index in [0.29, 0.717) is 12.0 Å². The van der Waals surface area contributed by atoms with E-state index in [9.17, 15) is 4.79 Å². The van der Waals surface area contributed by atoms with Gasteiger partial charge in [-0.2, -0.15) is 0 Å². The zero-order chi connectivity index (χ0) is 25.7. The number of pyridine rings is 1. The summed E-state index contributed by atoms with van der Waals surface area (Å²) in [6, 6.07) is 17.5. The fourth-order valence-corrected chi connectivity index (χ4v) is 5.19. The molecule has 2 N–H and O–H groups in total. The van der Waals surface area contributed by atoms with E-state index >= 15 is 0 Å². The van der Waals surface area contributed by atoms with Gasteiger partial charge in [0.1, 0.15) is 5.75 Å². The fourth-order valence-electron chi connectivity index (χ4n) is 5.19. The third-order valence-corrected chi connectivity index (χ3v) is 7.93. The van der Waals surface area contributed by atoms with Crippen molar-refractivity contribution in [2.24, 2.45) is 0 Å². The van der Waals surface area contributed by atoms with Crippen LogP contribution in [0.2, 0.25) is 0 Å². The monoisotopic (exact) mass is 497 g/mol. The summed E-state index contributed by atoms with van der Waals surface area (Å²) in [5.74, 6) is 1.48. The lowest BCUT2D eigenvalue weighted by atomic mass is 9.92. The van der Waals surface area contributed by atoms with Gasteiger partial charge in [0, 0.05) is 36.6 Å².